The van der Waals surface area contributed by atoms with Crippen molar-refractivity contribution in [3.63, 3.8) is 0 Å². The number of hydrogen-bond donors (Lipinski definition) is 1. The van der Waals surface area contributed by atoms with Crippen molar-refractivity contribution in [2.24, 2.45) is 0 Å². The first-order valence-electron chi connectivity index (χ1n) is 13.0. The van der Waals surface area contributed by atoms with Crippen LogP contribution in [0.3, 0.4) is 0 Å². The molecule has 1 N–H and O–H groups in total. The minimum absolute atomic E-state index is 0.0355. The van der Waals surface area contributed by atoms with Crippen LogP contribution in [0.15, 0.2) is 82.2 Å². The van der Waals surface area contributed by atoms with Crippen LogP contribution in [0.25, 0.3) is 0 Å². The first-order valence-corrected chi connectivity index (χ1v) is 15.3. The molecule has 0 radical (unpaired) electrons. The first-order chi connectivity index (χ1) is 19.0. The smallest absolute Gasteiger partial charge is 0.264 e. The molecule has 0 aliphatic carbocycles. The minimum Gasteiger partial charge on any atom is -0.495 e. The van der Waals surface area contributed by atoms with Gasteiger partial charge in [0.25, 0.3) is 10.0 Å². The van der Waals surface area contributed by atoms with E-state index >= 15 is 0 Å². The van der Waals surface area contributed by atoms with Gasteiger partial charge in [0.05, 0.1) is 17.7 Å². The van der Waals surface area contributed by atoms with Crippen LogP contribution in [-0.4, -0.2) is 50.9 Å². The van der Waals surface area contributed by atoms with Gasteiger partial charge in [0, 0.05) is 17.1 Å². The van der Waals surface area contributed by atoms with Crippen LogP contribution in [0.4, 0.5) is 5.69 Å². The third kappa shape index (κ3) is 7.63. The fourth-order valence-corrected chi connectivity index (χ4v) is 5.76. The predicted molar refractivity (Wildman–Crippen MR) is 161 cm³/mol. The number of anilines is 1. The van der Waals surface area contributed by atoms with Crippen molar-refractivity contribution in [2.75, 3.05) is 18.0 Å². The van der Waals surface area contributed by atoms with Gasteiger partial charge in [-0.25, -0.2) is 8.42 Å². The zero-order valence-electron chi connectivity index (χ0n) is 23.4. The number of halogens is 1. The third-order valence-corrected chi connectivity index (χ3v) is 8.95. The molecule has 214 valence electrons. The van der Waals surface area contributed by atoms with Crippen LogP contribution >= 0.6 is 15.9 Å². The maximum absolute atomic E-state index is 14.1. The Bertz CT molecular complexity index is 1420. The number of benzene rings is 3. The molecule has 3 rings (SSSR count). The molecule has 40 heavy (non-hydrogen) atoms. The molecule has 0 aromatic heterocycles. The Kier molecular flexibility index (Phi) is 10.8. The summed E-state index contributed by atoms with van der Waals surface area (Å²) in [6, 6.07) is 19.6. The number of amides is 2. The van der Waals surface area contributed by atoms with E-state index in [2.05, 4.69) is 21.2 Å². The third-order valence-electron chi connectivity index (χ3n) is 6.65. The second-order valence-electron chi connectivity index (χ2n) is 9.64. The van der Waals surface area contributed by atoms with Crippen LogP contribution in [0, 0.1) is 6.92 Å². The van der Waals surface area contributed by atoms with Gasteiger partial charge in [-0.2, -0.15) is 0 Å². The number of sulfonamides is 1. The number of rotatable bonds is 12. The lowest BCUT2D eigenvalue weighted by Crippen LogP contribution is -2.52. The van der Waals surface area contributed by atoms with Gasteiger partial charge in [-0.1, -0.05) is 59.3 Å². The van der Waals surface area contributed by atoms with Crippen molar-refractivity contribution in [2.45, 2.75) is 57.6 Å². The number of nitrogens with zero attached hydrogens (tertiary/aromatic N) is 2. The number of hydrogen-bond acceptors (Lipinski definition) is 5. The van der Waals surface area contributed by atoms with Crippen LogP contribution in [0.5, 0.6) is 5.75 Å². The summed E-state index contributed by atoms with van der Waals surface area (Å²) in [6.45, 7) is 6.92. The average molecular weight is 631 g/mol. The van der Waals surface area contributed by atoms with Crippen molar-refractivity contribution in [3.05, 3.63) is 88.4 Å². The van der Waals surface area contributed by atoms with E-state index in [0.717, 1.165) is 26.3 Å². The van der Waals surface area contributed by atoms with Gasteiger partial charge in [0.2, 0.25) is 11.8 Å². The fraction of sp³-hybridized carbons (Fsp3) is 0.333. The lowest BCUT2D eigenvalue weighted by Gasteiger charge is -2.33. The normalized spacial score (nSPS) is 12.8. The number of carbonyl (C=O) groups excluding carboxylic acids is 2. The predicted octanol–water partition coefficient (Wildman–Crippen LogP) is 5.29. The van der Waals surface area contributed by atoms with Crippen molar-refractivity contribution < 1.29 is 22.7 Å². The highest BCUT2D eigenvalue weighted by Gasteiger charge is 2.34. The second kappa shape index (κ2) is 13.8. The van der Waals surface area contributed by atoms with E-state index in [0.29, 0.717) is 5.75 Å². The molecule has 2 amide bonds. The highest BCUT2D eigenvalue weighted by atomic mass is 79.9. The second-order valence-corrected chi connectivity index (χ2v) is 12.4. The molecule has 3 aromatic carbocycles. The zero-order chi connectivity index (χ0) is 29.4. The molecule has 0 saturated carbocycles. The summed E-state index contributed by atoms with van der Waals surface area (Å²) in [5.41, 5.74) is 1.83. The van der Waals surface area contributed by atoms with Gasteiger partial charge >= 0.3 is 0 Å². The summed E-state index contributed by atoms with van der Waals surface area (Å²) < 4.78 is 35.4. The van der Waals surface area contributed by atoms with E-state index in [1.807, 2.05) is 45.0 Å². The summed E-state index contributed by atoms with van der Waals surface area (Å²) in [5, 5.41) is 2.93. The van der Waals surface area contributed by atoms with Gasteiger partial charge in [-0.3, -0.25) is 13.9 Å². The monoisotopic (exact) mass is 629 g/mol. The molecule has 3 aromatic rings. The topological polar surface area (TPSA) is 96.0 Å². The number of aryl methyl sites for hydroxylation is 1. The highest BCUT2D eigenvalue weighted by molar-refractivity contribution is 9.10. The van der Waals surface area contributed by atoms with Gasteiger partial charge in [0.1, 0.15) is 18.3 Å². The van der Waals surface area contributed by atoms with Crippen LogP contribution < -0.4 is 14.4 Å². The largest absolute Gasteiger partial charge is 0.495 e. The Morgan fingerprint density at radius 3 is 2.25 bits per heavy atom. The van der Waals surface area contributed by atoms with Gasteiger partial charge in [-0.05, 0) is 74.7 Å². The molecule has 0 fully saturated rings. The Labute approximate surface area is 245 Å². The SMILES string of the molecule is CC[C@H](C)NC(=O)[C@@H](C)N(Cc1ccc(Br)cc1)C(=O)CN(c1cc(C)ccc1OC)S(=O)(=O)c1ccccc1. The summed E-state index contributed by atoms with van der Waals surface area (Å²) >= 11 is 3.42. The molecule has 8 nitrogen and oxygen atoms in total. The maximum Gasteiger partial charge on any atom is 0.264 e. The molecule has 0 aliphatic rings. The van der Waals surface area contributed by atoms with Crippen molar-refractivity contribution in [3.8, 4) is 5.75 Å². The van der Waals surface area contributed by atoms with E-state index in [1.165, 1.54) is 24.1 Å². The first kappa shape index (κ1) is 31.2. The van der Waals surface area contributed by atoms with Crippen molar-refractivity contribution in [1.29, 1.82) is 0 Å². The van der Waals surface area contributed by atoms with Gasteiger partial charge in [-0.15, -0.1) is 0 Å². The van der Waals surface area contributed by atoms with E-state index in [-0.39, 0.29) is 29.1 Å². The Morgan fingerprint density at radius 2 is 1.65 bits per heavy atom. The zero-order valence-corrected chi connectivity index (χ0v) is 25.8. The Hall–Kier alpha value is -3.37. The summed E-state index contributed by atoms with van der Waals surface area (Å²) in [6.07, 6.45) is 0.732. The lowest BCUT2D eigenvalue weighted by molar-refractivity contribution is -0.139. The molecule has 10 heteroatoms. The van der Waals surface area contributed by atoms with E-state index in [4.69, 9.17) is 4.74 Å². The molecular formula is C30H36BrN3O5S. The van der Waals surface area contributed by atoms with Crippen LogP contribution in [-0.2, 0) is 26.2 Å². The highest BCUT2D eigenvalue weighted by Crippen LogP contribution is 2.33. The molecule has 2 atom stereocenters. The van der Waals surface area contributed by atoms with Crippen molar-refractivity contribution in [1.82, 2.24) is 10.2 Å². The minimum atomic E-state index is -4.18. The lowest BCUT2D eigenvalue weighted by atomic mass is 10.1. The molecule has 0 aliphatic heterocycles. The number of methoxy groups -OCH3 is 1. The van der Waals surface area contributed by atoms with Crippen molar-refractivity contribution >= 4 is 43.5 Å². The number of ether oxygens (including phenoxy) is 1. The van der Waals surface area contributed by atoms with E-state index in [9.17, 15) is 18.0 Å². The number of carbonyl (C=O) groups is 2. The van der Waals surface area contributed by atoms with Crippen LogP contribution in [0.2, 0.25) is 0 Å². The standard InChI is InChI=1S/C30H36BrN3O5S/c1-6-22(3)32-30(36)23(4)33(19-24-13-15-25(31)16-14-24)29(35)20-34(27-18-21(2)12-17-28(27)39-5)40(37,38)26-10-8-7-9-11-26/h7-18,22-23H,6,19-20H2,1-5H3,(H,32,36)/t22-,23+/m0/s1. The quantitative estimate of drug-likeness (QED) is 0.294. The molecule has 0 saturated heterocycles. The van der Waals surface area contributed by atoms with Crippen LogP contribution in [0.1, 0.15) is 38.3 Å². The average Bonchev–Trinajstić information content (AvgIpc) is 2.95. The maximum atomic E-state index is 14.1. The molecule has 0 bridgehead atoms. The molecule has 0 unspecified atom stereocenters. The Morgan fingerprint density at radius 1 is 1.00 bits per heavy atom. The number of nitrogens with one attached hydrogen (secondary N) is 1. The van der Waals surface area contributed by atoms with Gasteiger partial charge in [0.15, 0.2) is 0 Å². The summed E-state index contributed by atoms with van der Waals surface area (Å²) in [7, 11) is -2.73. The molecule has 0 heterocycles. The van der Waals surface area contributed by atoms with E-state index < -0.39 is 28.5 Å². The summed E-state index contributed by atoms with van der Waals surface area (Å²) in [5.74, 6) is -0.539. The summed E-state index contributed by atoms with van der Waals surface area (Å²) in [4.78, 5) is 28.7. The Balaban J connectivity index is 2.08. The molecular weight excluding hydrogens is 594 g/mol. The van der Waals surface area contributed by atoms with E-state index in [1.54, 1.807) is 43.3 Å². The fourth-order valence-electron chi connectivity index (χ4n) is 4.06. The van der Waals surface area contributed by atoms with Gasteiger partial charge < -0.3 is 15.0 Å². The molecule has 0 spiro atoms.